The second-order valence-electron chi connectivity index (χ2n) is 4.36. The third kappa shape index (κ3) is 4.58. The monoisotopic (exact) mass is 271 g/mol. The third-order valence-corrected chi connectivity index (χ3v) is 5.37. The maximum atomic E-state index is 4.26. The molecule has 0 saturated carbocycles. The van der Waals surface area contributed by atoms with Crippen LogP contribution in [-0.4, -0.2) is 35.6 Å². The second kappa shape index (κ2) is 7.36. The highest BCUT2D eigenvalue weighted by atomic mass is 32.2. The number of thiazole rings is 1. The van der Waals surface area contributed by atoms with Crippen molar-refractivity contribution in [1.82, 2.24) is 15.6 Å². The number of piperidine rings is 1. The summed E-state index contributed by atoms with van der Waals surface area (Å²) >= 11 is 3.87. The van der Waals surface area contributed by atoms with Gasteiger partial charge in [-0.3, -0.25) is 0 Å². The lowest BCUT2D eigenvalue weighted by Crippen LogP contribution is -2.30. The van der Waals surface area contributed by atoms with Gasteiger partial charge in [0.2, 0.25) is 0 Å². The van der Waals surface area contributed by atoms with Crippen molar-refractivity contribution in [2.75, 3.05) is 25.4 Å². The Morgan fingerprint density at radius 3 is 3.06 bits per heavy atom. The SMILES string of the molecule is Cc1ncsc1CNCCSC1CCNCC1. The number of nitrogens with one attached hydrogen (secondary N) is 2. The molecule has 1 aromatic heterocycles. The van der Waals surface area contributed by atoms with E-state index in [0.29, 0.717) is 0 Å². The molecule has 2 N–H and O–H groups in total. The summed E-state index contributed by atoms with van der Waals surface area (Å²) in [4.78, 5) is 5.63. The van der Waals surface area contributed by atoms with E-state index in [-0.39, 0.29) is 0 Å². The molecule has 0 aromatic carbocycles. The molecule has 1 fully saturated rings. The highest BCUT2D eigenvalue weighted by Gasteiger charge is 2.12. The van der Waals surface area contributed by atoms with Crippen molar-refractivity contribution in [3.05, 3.63) is 16.1 Å². The number of hydrogen-bond acceptors (Lipinski definition) is 5. The summed E-state index contributed by atoms with van der Waals surface area (Å²) in [5.41, 5.74) is 3.10. The topological polar surface area (TPSA) is 37.0 Å². The number of aryl methyl sites for hydroxylation is 1. The second-order valence-corrected chi connectivity index (χ2v) is 6.71. The van der Waals surface area contributed by atoms with Crippen LogP contribution in [0.4, 0.5) is 0 Å². The summed E-state index contributed by atoms with van der Waals surface area (Å²) in [5.74, 6) is 1.22. The van der Waals surface area contributed by atoms with Gasteiger partial charge in [0.1, 0.15) is 0 Å². The fourth-order valence-electron chi connectivity index (χ4n) is 1.96. The van der Waals surface area contributed by atoms with Crippen LogP contribution >= 0.6 is 23.1 Å². The predicted molar refractivity (Wildman–Crippen MR) is 76.9 cm³/mol. The zero-order valence-electron chi connectivity index (χ0n) is 10.4. The summed E-state index contributed by atoms with van der Waals surface area (Å²) < 4.78 is 0. The fourth-order valence-corrected chi connectivity index (χ4v) is 3.87. The molecule has 1 aliphatic rings. The molecule has 3 nitrogen and oxygen atoms in total. The number of hydrogen-bond donors (Lipinski definition) is 2. The lowest BCUT2D eigenvalue weighted by atomic mass is 10.2. The molecule has 0 amide bonds. The van der Waals surface area contributed by atoms with Crippen molar-refractivity contribution in [3.8, 4) is 0 Å². The van der Waals surface area contributed by atoms with Gasteiger partial charge in [0.15, 0.2) is 0 Å². The van der Waals surface area contributed by atoms with Gasteiger partial charge in [-0.15, -0.1) is 11.3 Å². The standard InChI is InChI=1S/C12H21N3S2/c1-10-12(17-9-15-10)8-14-6-7-16-11-2-4-13-5-3-11/h9,11,13-14H,2-8H2,1H3. The Labute approximate surface area is 112 Å². The molecular weight excluding hydrogens is 250 g/mol. The number of rotatable bonds is 6. The van der Waals surface area contributed by atoms with E-state index in [4.69, 9.17) is 0 Å². The summed E-state index contributed by atoms with van der Waals surface area (Å²) in [6, 6.07) is 0. The van der Waals surface area contributed by atoms with Gasteiger partial charge in [-0.25, -0.2) is 4.98 Å². The van der Waals surface area contributed by atoms with Crippen molar-refractivity contribution in [2.45, 2.75) is 31.6 Å². The van der Waals surface area contributed by atoms with Crippen molar-refractivity contribution in [1.29, 1.82) is 0 Å². The van der Waals surface area contributed by atoms with Gasteiger partial charge < -0.3 is 10.6 Å². The minimum Gasteiger partial charge on any atom is -0.317 e. The van der Waals surface area contributed by atoms with E-state index in [1.54, 1.807) is 11.3 Å². The zero-order valence-corrected chi connectivity index (χ0v) is 12.0. The molecule has 1 aromatic rings. The van der Waals surface area contributed by atoms with Crippen LogP contribution in [0.3, 0.4) is 0 Å². The van der Waals surface area contributed by atoms with Crippen molar-refractivity contribution in [2.24, 2.45) is 0 Å². The molecule has 2 rings (SSSR count). The maximum absolute atomic E-state index is 4.26. The predicted octanol–water partition coefficient (Wildman–Crippen LogP) is 2.03. The van der Waals surface area contributed by atoms with E-state index in [2.05, 4.69) is 34.3 Å². The quantitative estimate of drug-likeness (QED) is 0.776. The first-order valence-corrected chi connectivity index (χ1v) is 8.21. The Morgan fingerprint density at radius 2 is 2.35 bits per heavy atom. The normalized spacial score (nSPS) is 17.5. The van der Waals surface area contributed by atoms with Crippen LogP contribution in [0.15, 0.2) is 5.51 Å². The molecule has 1 saturated heterocycles. The van der Waals surface area contributed by atoms with Gasteiger partial charge in [-0.05, 0) is 32.9 Å². The number of thioether (sulfide) groups is 1. The first kappa shape index (κ1) is 13.3. The summed E-state index contributed by atoms with van der Waals surface area (Å²) in [7, 11) is 0. The summed E-state index contributed by atoms with van der Waals surface area (Å²) in [5, 5.41) is 7.79. The summed E-state index contributed by atoms with van der Waals surface area (Å²) in [6.07, 6.45) is 2.66. The smallest absolute Gasteiger partial charge is 0.0798 e. The van der Waals surface area contributed by atoms with Crippen LogP contribution in [0.25, 0.3) is 0 Å². The Morgan fingerprint density at radius 1 is 1.53 bits per heavy atom. The van der Waals surface area contributed by atoms with Gasteiger partial charge in [0.25, 0.3) is 0 Å². The molecule has 5 heteroatoms. The highest BCUT2D eigenvalue weighted by Crippen LogP contribution is 2.19. The van der Waals surface area contributed by atoms with E-state index >= 15 is 0 Å². The molecule has 0 atom stereocenters. The fraction of sp³-hybridized carbons (Fsp3) is 0.750. The molecule has 0 bridgehead atoms. The van der Waals surface area contributed by atoms with Crippen LogP contribution in [0, 0.1) is 6.92 Å². The Hall–Kier alpha value is -0.100. The molecular formula is C12H21N3S2. The average molecular weight is 271 g/mol. The molecule has 0 radical (unpaired) electrons. The largest absolute Gasteiger partial charge is 0.317 e. The van der Waals surface area contributed by atoms with Gasteiger partial charge in [-0.2, -0.15) is 11.8 Å². The third-order valence-electron chi connectivity index (χ3n) is 3.05. The van der Waals surface area contributed by atoms with Crippen molar-refractivity contribution in [3.63, 3.8) is 0 Å². The molecule has 0 unspecified atom stereocenters. The van der Waals surface area contributed by atoms with Crippen LogP contribution < -0.4 is 10.6 Å². The molecule has 0 spiro atoms. The summed E-state index contributed by atoms with van der Waals surface area (Å²) in [6.45, 7) is 6.56. The van der Waals surface area contributed by atoms with E-state index in [0.717, 1.165) is 18.3 Å². The molecule has 96 valence electrons. The molecule has 0 aliphatic carbocycles. The van der Waals surface area contributed by atoms with E-state index in [1.165, 1.54) is 42.3 Å². The van der Waals surface area contributed by atoms with Crippen molar-refractivity contribution >= 4 is 23.1 Å². The first-order valence-electron chi connectivity index (χ1n) is 6.28. The minimum atomic E-state index is 0.878. The molecule has 2 heterocycles. The van der Waals surface area contributed by atoms with Crippen LogP contribution in [0.2, 0.25) is 0 Å². The van der Waals surface area contributed by atoms with Crippen LogP contribution in [-0.2, 0) is 6.54 Å². The average Bonchev–Trinajstić information content (AvgIpc) is 2.76. The zero-order chi connectivity index (χ0) is 11.9. The number of nitrogens with zero attached hydrogens (tertiary/aromatic N) is 1. The number of aromatic nitrogens is 1. The van der Waals surface area contributed by atoms with Crippen molar-refractivity contribution < 1.29 is 0 Å². The van der Waals surface area contributed by atoms with Gasteiger partial charge in [-0.1, -0.05) is 0 Å². The first-order chi connectivity index (χ1) is 8.36. The van der Waals surface area contributed by atoms with E-state index < -0.39 is 0 Å². The lowest BCUT2D eigenvalue weighted by molar-refractivity contribution is 0.531. The Kier molecular flexibility index (Phi) is 5.77. The van der Waals surface area contributed by atoms with Gasteiger partial charge in [0.05, 0.1) is 11.2 Å². The Balaban J connectivity index is 1.53. The molecule has 1 aliphatic heterocycles. The van der Waals surface area contributed by atoms with Crippen LogP contribution in [0.1, 0.15) is 23.4 Å². The van der Waals surface area contributed by atoms with Gasteiger partial charge in [0, 0.05) is 29.0 Å². The Bertz CT molecular complexity index is 321. The maximum Gasteiger partial charge on any atom is 0.0798 e. The van der Waals surface area contributed by atoms with E-state index in [9.17, 15) is 0 Å². The van der Waals surface area contributed by atoms with Gasteiger partial charge >= 0.3 is 0 Å². The van der Waals surface area contributed by atoms with Crippen LogP contribution in [0.5, 0.6) is 0 Å². The minimum absolute atomic E-state index is 0.878. The lowest BCUT2D eigenvalue weighted by Gasteiger charge is -2.21. The molecule has 17 heavy (non-hydrogen) atoms. The highest BCUT2D eigenvalue weighted by molar-refractivity contribution is 7.99. The van der Waals surface area contributed by atoms with E-state index in [1.807, 2.05) is 5.51 Å².